The fraction of sp³-hybridized carbons (Fsp3) is 0.214. The third-order valence-corrected chi connectivity index (χ3v) is 3.24. The highest BCUT2D eigenvalue weighted by Crippen LogP contribution is 2.31. The van der Waals surface area contributed by atoms with E-state index in [1.807, 2.05) is 4.98 Å². The number of ether oxygens (including phenoxy) is 2. The number of carbonyl (C=O) groups is 1. The van der Waals surface area contributed by atoms with Crippen LogP contribution in [-0.4, -0.2) is 40.1 Å². The molecule has 0 saturated carbocycles. The van der Waals surface area contributed by atoms with E-state index in [2.05, 4.69) is 26.0 Å². The summed E-state index contributed by atoms with van der Waals surface area (Å²) in [7, 11) is 0. The van der Waals surface area contributed by atoms with Gasteiger partial charge in [0.05, 0.1) is 6.21 Å². The number of hydrogen-bond acceptors (Lipinski definition) is 8. The van der Waals surface area contributed by atoms with Crippen LogP contribution in [0, 0.1) is 0 Å². The first-order valence-corrected chi connectivity index (χ1v) is 7.21. The minimum atomic E-state index is -0.812. The minimum absolute atomic E-state index is 0.174. The molecule has 2 heterocycles. The van der Waals surface area contributed by atoms with E-state index in [0.717, 1.165) is 0 Å². The molecule has 0 aliphatic carbocycles. The third-order valence-electron chi connectivity index (χ3n) is 3.24. The van der Waals surface area contributed by atoms with Crippen LogP contribution in [-0.2, 0) is 4.79 Å². The van der Waals surface area contributed by atoms with Crippen LogP contribution in [0.4, 0.5) is 5.82 Å². The molecule has 11 heteroatoms. The van der Waals surface area contributed by atoms with Crippen LogP contribution in [0.15, 0.2) is 32.9 Å². The number of benzene rings is 1. The smallest absolute Gasteiger partial charge is 0.342 e. The summed E-state index contributed by atoms with van der Waals surface area (Å²) in [5.74, 6) is 0.581. The Morgan fingerprint density at radius 1 is 1.36 bits per heavy atom. The van der Waals surface area contributed by atoms with Crippen LogP contribution in [0.3, 0.4) is 0 Å². The largest absolute Gasteiger partial charge is 0.454 e. The van der Waals surface area contributed by atoms with Crippen molar-refractivity contribution in [2.75, 3.05) is 12.1 Å². The van der Waals surface area contributed by atoms with E-state index in [1.165, 1.54) is 13.1 Å². The molecule has 1 aliphatic heterocycles. The molecule has 4 N–H and O–H groups in total. The highest BCUT2D eigenvalue weighted by atomic mass is 16.7. The molecular weight excluding hydrogens is 332 g/mol. The van der Waals surface area contributed by atoms with Gasteiger partial charge in [-0.2, -0.15) is 5.10 Å². The van der Waals surface area contributed by atoms with Crippen LogP contribution in [0.25, 0.3) is 0 Å². The maximum Gasteiger partial charge on any atom is 0.342 e. The number of nitrogens with zero attached hydrogens (tertiary/aromatic N) is 2. The molecule has 1 atom stereocenters. The molecule has 2 aromatic rings. The Labute approximate surface area is 140 Å². The highest BCUT2D eigenvalue weighted by Gasteiger charge is 2.15. The lowest BCUT2D eigenvalue weighted by Crippen LogP contribution is -2.38. The minimum Gasteiger partial charge on any atom is -0.454 e. The van der Waals surface area contributed by atoms with Gasteiger partial charge in [-0.15, -0.1) is 5.10 Å². The second kappa shape index (κ2) is 6.86. The Hall–Kier alpha value is -3.63. The highest BCUT2D eigenvalue weighted by molar-refractivity contribution is 5.86. The topological polar surface area (TPSA) is 151 Å². The predicted molar refractivity (Wildman–Crippen MR) is 86.9 cm³/mol. The maximum absolute atomic E-state index is 12.0. The average Bonchev–Trinajstić information content (AvgIpc) is 3.05. The lowest BCUT2D eigenvalue weighted by molar-refractivity contribution is -0.121. The first kappa shape index (κ1) is 16.2. The molecule has 1 amide bonds. The van der Waals surface area contributed by atoms with E-state index < -0.39 is 23.2 Å². The zero-order valence-corrected chi connectivity index (χ0v) is 13.0. The number of rotatable bonds is 5. The summed E-state index contributed by atoms with van der Waals surface area (Å²) in [4.78, 5) is 36.4. The van der Waals surface area contributed by atoms with Crippen LogP contribution >= 0.6 is 0 Å². The Bertz CT molecular complexity index is 934. The number of amides is 1. The normalized spacial score (nSPS) is 13.6. The number of anilines is 1. The summed E-state index contributed by atoms with van der Waals surface area (Å²) in [5, 5.41) is 12.0. The van der Waals surface area contributed by atoms with Crippen molar-refractivity contribution < 1.29 is 14.3 Å². The van der Waals surface area contributed by atoms with Crippen molar-refractivity contribution >= 4 is 17.9 Å². The molecule has 3 rings (SSSR count). The Kier molecular flexibility index (Phi) is 4.46. The molecule has 1 aromatic carbocycles. The second-order valence-electron chi connectivity index (χ2n) is 5.07. The van der Waals surface area contributed by atoms with Crippen LogP contribution in [0.2, 0.25) is 0 Å². The number of nitrogens with one attached hydrogen (secondary N) is 4. The number of fused-ring (bicyclic) bond motifs is 1. The number of H-pyrrole nitrogens is 2. The first-order chi connectivity index (χ1) is 12.0. The van der Waals surface area contributed by atoms with Gasteiger partial charge in [0.15, 0.2) is 11.5 Å². The van der Waals surface area contributed by atoms with Gasteiger partial charge in [-0.3, -0.25) is 14.6 Å². The van der Waals surface area contributed by atoms with Crippen molar-refractivity contribution in [3.05, 3.63) is 44.6 Å². The summed E-state index contributed by atoms with van der Waals surface area (Å²) in [5.41, 5.74) is 1.58. The summed E-state index contributed by atoms with van der Waals surface area (Å²) in [6, 6.07) is 4.41. The molecule has 0 fully saturated rings. The van der Waals surface area contributed by atoms with E-state index in [-0.39, 0.29) is 12.6 Å². The SMILES string of the molecule is C[C@@H](Nc1n[nH]c(=O)[nH]c1=O)C(=O)N/N=C\c1ccc2c(c1)OCO2. The van der Waals surface area contributed by atoms with E-state index in [1.54, 1.807) is 18.2 Å². The van der Waals surface area contributed by atoms with Gasteiger partial charge in [-0.05, 0) is 30.7 Å². The summed E-state index contributed by atoms with van der Waals surface area (Å²) in [6.45, 7) is 1.69. The van der Waals surface area contributed by atoms with E-state index >= 15 is 0 Å². The van der Waals surface area contributed by atoms with Crippen molar-refractivity contribution in [1.29, 1.82) is 0 Å². The fourth-order valence-electron chi connectivity index (χ4n) is 1.98. The zero-order chi connectivity index (χ0) is 17.8. The monoisotopic (exact) mass is 346 g/mol. The summed E-state index contributed by atoms with van der Waals surface area (Å²) < 4.78 is 10.4. The van der Waals surface area contributed by atoms with Gasteiger partial charge in [-0.25, -0.2) is 15.3 Å². The van der Waals surface area contributed by atoms with Gasteiger partial charge >= 0.3 is 5.69 Å². The van der Waals surface area contributed by atoms with Crippen LogP contribution < -0.4 is 31.5 Å². The van der Waals surface area contributed by atoms with Gasteiger partial charge in [0.25, 0.3) is 11.5 Å². The molecule has 0 radical (unpaired) electrons. The Morgan fingerprint density at radius 3 is 2.96 bits per heavy atom. The number of carbonyl (C=O) groups excluding carboxylic acids is 1. The van der Waals surface area contributed by atoms with E-state index in [9.17, 15) is 14.4 Å². The molecule has 25 heavy (non-hydrogen) atoms. The maximum atomic E-state index is 12.0. The van der Waals surface area contributed by atoms with Gasteiger partial charge in [0.1, 0.15) is 6.04 Å². The fourth-order valence-corrected chi connectivity index (χ4v) is 1.98. The van der Waals surface area contributed by atoms with Gasteiger partial charge in [0, 0.05) is 0 Å². The molecular formula is C14H14N6O5. The van der Waals surface area contributed by atoms with E-state index in [4.69, 9.17) is 9.47 Å². The van der Waals surface area contributed by atoms with Crippen molar-refractivity contribution in [3.8, 4) is 11.5 Å². The van der Waals surface area contributed by atoms with Gasteiger partial charge < -0.3 is 14.8 Å². The number of hydrazone groups is 1. The molecule has 130 valence electrons. The van der Waals surface area contributed by atoms with E-state index in [0.29, 0.717) is 17.1 Å². The lowest BCUT2D eigenvalue weighted by atomic mass is 10.2. The van der Waals surface area contributed by atoms with Crippen molar-refractivity contribution in [2.24, 2.45) is 5.10 Å². The number of aromatic amines is 2. The molecule has 0 unspecified atom stereocenters. The van der Waals surface area contributed by atoms with Crippen LogP contribution in [0.1, 0.15) is 12.5 Å². The van der Waals surface area contributed by atoms with Crippen molar-refractivity contribution in [3.63, 3.8) is 0 Å². The predicted octanol–water partition coefficient (Wildman–Crippen LogP) is -0.862. The standard InChI is InChI=1S/C14H14N6O5/c1-7(16-11-13(22)17-14(23)20-18-11)12(21)19-15-5-8-2-3-9-10(4-8)25-6-24-9/h2-5,7H,6H2,1H3,(H,16,18)(H,19,21)(H2,17,20,22,23)/b15-5-/t7-/m1/s1. The summed E-state index contributed by atoms with van der Waals surface area (Å²) in [6.07, 6.45) is 1.44. The molecule has 11 nitrogen and oxygen atoms in total. The summed E-state index contributed by atoms with van der Waals surface area (Å²) >= 11 is 0. The second-order valence-corrected chi connectivity index (χ2v) is 5.07. The molecule has 0 bridgehead atoms. The molecule has 0 saturated heterocycles. The average molecular weight is 346 g/mol. The lowest BCUT2D eigenvalue weighted by Gasteiger charge is -2.11. The Balaban J connectivity index is 1.58. The molecule has 0 spiro atoms. The van der Waals surface area contributed by atoms with Crippen molar-refractivity contribution in [1.82, 2.24) is 20.6 Å². The zero-order valence-electron chi connectivity index (χ0n) is 13.0. The molecule has 1 aromatic heterocycles. The number of hydrogen-bond donors (Lipinski definition) is 4. The molecule has 1 aliphatic rings. The van der Waals surface area contributed by atoms with Gasteiger partial charge in [0.2, 0.25) is 12.6 Å². The quantitative estimate of drug-likeness (QED) is 0.406. The first-order valence-electron chi connectivity index (χ1n) is 7.21. The van der Waals surface area contributed by atoms with Gasteiger partial charge in [-0.1, -0.05) is 0 Å². The third kappa shape index (κ3) is 3.83. The van der Waals surface area contributed by atoms with Crippen LogP contribution in [0.5, 0.6) is 11.5 Å². The number of aromatic nitrogens is 3. The Morgan fingerprint density at radius 2 is 2.16 bits per heavy atom. The van der Waals surface area contributed by atoms with Crippen molar-refractivity contribution in [2.45, 2.75) is 13.0 Å².